The highest BCUT2D eigenvalue weighted by molar-refractivity contribution is 5.77. The van der Waals surface area contributed by atoms with E-state index in [9.17, 15) is 24.3 Å². The summed E-state index contributed by atoms with van der Waals surface area (Å²) in [4.78, 5) is 47.0. The Morgan fingerprint density at radius 1 is 1.11 bits per heavy atom. The van der Waals surface area contributed by atoms with Gasteiger partial charge in [-0.15, -0.1) is 11.7 Å². The molecule has 1 aromatic rings. The van der Waals surface area contributed by atoms with Crippen LogP contribution in [0.5, 0.6) is 0 Å². The predicted octanol–water partition coefficient (Wildman–Crippen LogP) is 0.0879. The third-order valence-electron chi connectivity index (χ3n) is 5.61. The van der Waals surface area contributed by atoms with E-state index in [1.165, 1.54) is 6.92 Å². The number of carbonyl (C=O) groups excluding carboxylic acids is 4. The van der Waals surface area contributed by atoms with Crippen LogP contribution < -0.4 is 5.32 Å². The average molecular weight is 541 g/mol. The summed E-state index contributed by atoms with van der Waals surface area (Å²) in [5.74, 6) is -2.67. The minimum absolute atomic E-state index is 0.106. The molecular formula is C24H36N4O10. The van der Waals surface area contributed by atoms with E-state index in [0.29, 0.717) is 12.2 Å². The first-order chi connectivity index (χ1) is 18.0. The zero-order chi connectivity index (χ0) is 28.2. The zero-order valence-electron chi connectivity index (χ0n) is 22.1. The number of aliphatic hydroxyl groups excluding tert-OH is 1. The molecule has 0 aliphatic carbocycles. The highest BCUT2D eigenvalue weighted by atomic mass is 16.7. The quantitative estimate of drug-likeness (QED) is 0.141. The summed E-state index contributed by atoms with van der Waals surface area (Å²) >= 11 is 0. The largest absolute Gasteiger partial charge is 0.463 e. The van der Waals surface area contributed by atoms with Crippen molar-refractivity contribution in [3.63, 3.8) is 0 Å². The second kappa shape index (κ2) is 15.1. The zero-order valence-corrected chi connectivity index (χ0v) is 22.1. The molecule has 2 rings (SSSR count). The van der Waals surface area contributed by atoms with Gasteiger partial charge in [0.2, 0.25) is 5.91 Å². The number of aromatic nitrogens is 3. The molecule has 212 valence electrons. The molecule has 1 fully saturated rings. The van der Waals surface area contributed by atoms with Gasteiger partial charge in [0.05, 0.1) is 12.2 Å². The van der Waals surface area contributed by atoms with Gasteiger partial charge in [0.25, 0.3) is 0 Å². The van der Waals surface area contributed by atoms with E-state index in [1.54, 1.807) is 4.68 Å². The summed E-state index contributed by atoms with van der Waals surface area (Å²) in [5.41, 5.74) is 1.42. The Hall–Kier alpha value is -3.36. The minimum Gasteiger partial charge on any atom is -0.463 e. The molecule has 38 heavy (non-hydrogen) atoms. The molecule has 2 N–H and O–H groups in total. The number of ether oxygens (including phenoxy) is 5. The van der Waals surface area contributed by atoms with Crippen molar-refractivity contribution >= 4 is 23.8 Å². The van der Waals surface area contributed by atoms with E-state index >= 15 is 0 Å². The third kappa shape index (κ3) is 9.50. The molecule has 14 nitrogen and oxygen atoms in total. The van der Waals surface area contributed by atoms with Crippen LogP contribution in [-0.4, -0.2) is 87.8 Å². The van der Waals surface area contributed by atoms with Crippen molar-refractivity contribution in [2.45, 2.75) is 90.8 Å². The van der Waals surface area contributed by atoms with E-state index in [-0.39, 0.29) is 13.2 Å². The molecule has 14 heteroatoms. The lowest BCUT2D eigenvalue weighted by atomic mass is 9.98. The van der Waals surface area contributed by atoms with Gasteiger partial charge in [-0.05, 0) is 26.2 Å². The number of aliphatic hydroxyl groups is 1. The Bertz CT molecular complexity index is 981. The van der Waals surface area contributed by atoms with Gasteiger partial charge >= 0.3 is 17.9 Å². The molecule has 0 bridgehead atoms. The Balaban J connectivity index is 1.99. The number of rotatable bonds is 14. The maximum absolute atomic E-state index is 12.4. The SMILES string of the molecule is C=CCCCCn1nnc(CNC(=O)CO[C@H]2O[C@H](COC(C)=O)[C@H](OC(C)=O)[C@H](OC(C)=O)[C@H]2O)c1C. The first-order valence-electron chi connectivity index (χ1n) is 12.2. The van der Waals surface area contributed by atoms with Crippen LogP contribution in [0.15, 0.2) is 12.7 Å². The first-order valence-corrected chi connectivity index (χ1v) is 12.2. The van der Waals surface area contributed by atoms with E-state index in [2.05, 4.69) is 22.2 Å². The first kappa shape index (κ1) is 30.9. The number of nitrogens with one attached hydrogen (secondary N) is 1. The topological polar surface area (TPSA) is 177 Å². The van der Waals surface area contributed by atoms with Crippen molar-refractivity contribution in [2.75, 3.05) is 13.2 Å². The molecule has 0 unspecified atom stereocenters. The summed E-state index contributed by atoms with van der Waals surface area (Å²) in [5, 5.41) is 21.6. The minimum atomic E-state index is -1.62. The van der Waals surface area contributed by atoms with Gasteiger partial charge < -0.3 is 34.1 Å². The number of carbonyl (C=O) groups is 4. The van der Waals surface area contributed by atoms with Gasteiger partial charge in [0, 0.05) is 27.3 Å². The molecule has 0 spiro atoms. The molecule has 1 aliphatic rings. The molecule has 2 heterocycles. The number of allylic oxidation sites excluding steroid dienone is 1. The maximum atomic E-state index is 12.4. The molecule has 0 radical (unpaired) electrons. The molecule has 0 saturated carbocycles. The fourth-order valence-electron chi connectivity index (χ4n) is 3.74. The van der Waals surface area contributed by atoms with E-state index < -0.39 is 61.1 Å². The monoisotopic (exact) mass is 540 g/mol. The van der Waals surface area contributed by atoms with Crippen molar-refractivity contribution in [3.8, 4) is 0 Å². The molecule has 1 saturated heterocycles. The summed E-state index contributed by atoms with van der Waals surface area (Å²) in [6.45, 7) is 8.86. The van der Waals surface area contributed by atoms with Crippen LogP contribution in [0.25, 0.3) is 0 Å². The van der Waals surface area contributed by atoms with Crippen LogP contribution >= 0.6 is 0 Å². The molecular weight excluding hydrogens is 504 g/mol. The van der Waals surface area contributed by atoms with E-state index in [1.807, 2.05) is 13.0 Å². The number of unbranched alkanes of at least 4 members (excludes halogenated alkanes) is 2. The van der Waals surface area contributed by atoms with Crippen molar-refractivity contribution < 1.29 is 48.0 Å². The molecule has 1 aromatic heterocycles. The van der Waals surface area contributed by atoms with E-state index in [0.717, 1.165) is 38.8 Å². The van der Waals surface area contributed by atoms with Crippen molar-refractivity contribution in [1.82, 2.24) is 20.3 Å². The molecule has 5 atom stereocenters. The van der Waals surface area contributed by atoms with Crippen LogP contribution in [-0.2, 0) is 56.0 Å². The van der Waals surface area contributed by atoms with Crippen LogP contribution in [0.2, 0.25) is 0 Å². The number of esters is 3. The maximum Gasteiger partial charge on any atom is 0.303 e. The van der Waals surface area contributed by atoms with Gasteiger partial charge in [-0.1, -0.05) is 11.3 Å². The number of aryl methyl sites for hydroxylation is 1. The van der Waals surface area contributed by atoms with Gasteiger partial charge in [-0.3, -0.25) is 19.2 Å². The number of hydrogen-bond acceptors (Lipinski definition) is 12. The fourth-order valence-corrected chi connectivity index (χ4v) is 3.74. The van der Waals surface area contributed by atoms with Crippen LogP contribution in [0.3, 0.4) is 0 Å². The average Bonchev–Trinajstić information content (AvgIpc) is 3.20. The lowest BCUT2D eigenvalue weighted by Crippen LogP contribution is -2.62. The second-order valence-corrected chi connectivity index (χ2v) is 8.70. The highest BCUT2D eigenvalue weighted by Crippen LogP contribution is 2.27. The summed E-state index contributed by atoms with van der Waals surface area (Å²) in [6, 6.07) is 0. The van der Waals surface area contributed by atoms with Crippen molar-refractivity contribution in [3.05, 3.63) is 24.0 Å². The Labute approximate surface area is 220 Å². The van der Waals surface area contributed by atoms with Gasteiger partial charge in [-0.2, -0.15) is 0 Å². The normalized spacial score (nSPS) is 22.8. The summed E-state index contributed by atoms with van der Waals surface area (Å²) < 4.78 is 28.2. The Kier molecular flexibility index (Phi) is 12.3. The van der Waals surface area contributed by atoms with Gasteiger partial charge in [0.1, 0.15) is 31.1 Å². The number of amides is 1. The third-order valence-corrected chi connectivity index (χ3v) is 5.61. The standard InChI is InChI=1S/C24H36N4O10/c1-6-7-8-9-10-28-14(2)18(26-27-28)11-25-20(32)13-35-24-21(33)23(37-17(5)31)22(36-16(4)30)19(38-24)12-34-15(3)29/h6,19,21-24,33H,1,7-13H2,2-5H3,(H,25,32)/t19-,21-,22+,23-,24+/m1/s1. The summed E-state index contributed by atoms with van der Waals surface area (Å²) in [6.07, 6.45) is -2.22. The van der Waals surface area contributed by atoms with Crippen LogP contribution in [0.1, 0.15) is 51.4 Å². The Morgan fingerprint density at radius 2 is 1.79 bits per heavy atom. The van der Waals surface area contributed by atoms with Crippen molar-refractivity contribution in [2.24, 2.45) is 0 Å². The lowest BCUT2D eigenvalue weighted by molar-refractivity contribution is -0.304. The van der Waals surface area contributed by atoms with E-state index in [4.69, 9.17) is 23.7 Å². The van der Waals surface area contributed by atoms with Crippen LogP contribution in [0, 0.1) is 6.92 Å². The highest BCUT2D eigenvalue weighted by Gasteiger charge is 2.50. The van der Waals surface area contributed by atoms with Crippen molar-refractivity contribution in [1.29, 1.82) is 0 Å². The lowest BCUT2D eigenvalue weighted by Gasteiger charge is -2.42. The number of hydrogen-bond donors (Lipinski definition) is 2. The second-order valence-electron chi connectivity index (χ2n) is 8.70. The predicted molar refractivity (Wildman–Crippen MR) is 129 cm³/mol. The van der Waals surface area contributed by atoms with Gasteiger partial charge in [-0.25, -0.2) is 4.68 Å². The van der Waals surface area contributed by atoms with Gasteiger partial charge in [0.15, 0.2) is 18.5 Å². The smallest absolute Gasteiger partial charge is 0.303 e. The molecule has 1 amide bonds. The fraction of sp³-hybridized carbons (Fsp3) is 0.667. The molecule has 1 aliphatic heterocycles. The van der Waals surface area contributed by atoms with Crippen LogP contribution in [0.4, 0.5) is 0 Å². The molecule has 0 aromatic carbocycles. The number of nitrogens with zero attached hydrogens (tertiary/aromatic N) is 3. The summed E-state index contributed by atoms with van der Waals surface area (Å²) in [7, 11) is 0. The Morgan fingerprint density at radius 3 is 2.42 bits per heavy atom.